The summed E-state index contributed by atoms with van der Waals surface area (Å²) < 4.78 is 1.45. The van der Waals surface area contributed by atoms with Crippen LogP contribution < -0.4 is 5.32 Å². The maximum atomic E-state index is 11.6. The van der Waals surface area contributed by atoms with Gasteiger partial charge in [-0.15, -0.1) is 0 Å². The van der Waals surface area contributed by atoms with Gasteiger partial charge < -0.3 is 10.2 Å². The molecule has 2 rings (SSSR count). The fourth-order valence-corrected chi connectivity index (χ4v) is 2.29. The van der Waals surface area contributed by atoms with Crippen molar-refractivity contribution >= 4 is 17.4 Å². The number of nitrogens with zero attached hydrogens (tertiary/aromatic N) is 4. The summed E-state index contributed by atoms with van der Waals surface area (Å²) in [5, 5.41) is 18.2. The van der Waals surface area contributed by atoms with Crippen LogP contribution in [0.2, 0.25) is 0 Å². The molecular weight excluding hydrogens is 250 g/mol. The molecule has 0 saturated carbocycles. The summed E-state index contributed by atoms with van der Waals surface area (Å²) in [4.78, 5) is 23.9. The lowest BCUT2D eigenvalue weighted by molar-refractivity contribution is -0.384. The highest BCUT2D eigenvalue weighted by molar-refractivity contribution is 5.78. The van der Waals surface area contributed by atoms with Gasteiger partial charge in [-0.05, 0) is 13.3 Å². The Morgan fingerprint density at radius 3 is 2.74 bits per heavy atom. The van der Waals surface area contributed by atoms with E-state index < -0.39 is 4.92 Å². The van der Waals surface area contributed by atoms with Crippen molar-refractivity contribution < 1.29 is 9.72 Å². The number of nitrogens with one attached hydrogen (secondary N) is 1. The molecule has 19 heavy (non-hydrogen) atoms. The van der Waals surface area contributed by atoms with E-state index in [1.807, 2.05) is 0 Å². The molecule has 1 aliphatic rings. The molecule has 104 valence electrons. The van der Waals surface area contributed by atoms with Gasteiger partial charge in [0.15, 0.2) is 0 Å². The predicted octanol–water partition coefficient (Wildman–Crippen LogP) is 0.669. The summed E-state index contributed by atoms with van der Waals surface area (Å²) >= 11 is 0. The van der Waals surface area contributed by atoms with Gasteiger partial charge in [-0.1, -0.05) is 0 Å². The number of piperidine rings is 1. The summed E-state index contributed by atoms with van der Waals surface area (Å²) in [6.07, 6.45) is 1.11. The van der Waals surface area contributed by atoms with Gasteiger partial charge in [0.05, 0.1) is 4.92 Å². The number of carbonyl (C=O) groups excluding carboxylic acids is 1. The molecule has 1 aliphatic heterocycles. The van der Waals surface area contributed by atoms with E-state index in [-0.39, 0.29) is 17.6 Å². The lowest BCUT2D eigenvalue weighted by Crippen LogP contribution is -2.41. The minimum absolute atomic E-state index is 0.0196. The van der Waals surface area contributed by atoms with Crippen molar-refractivity contribution in [2.75, 3.05) is 18.9 Å². The van der Waals surface area contributed by atoms with E-state index in [2.05, 4.69) is 10.4 Å². The van der Waals surface area contributed by atoms with E-state index in [9.17, 15) is 14.9 Å². The number of nitro groups is 1. The molecule has 8 nitrogen and oxygen atoms in total. The van der Waals surface area contributed by atoms with Crippen molar-refractivity contribution in [1.29, 1.82) is 0 Å². The molecule has 1 fully saturated rings. The number of aryl methyl sites for hydroxylation is 2. The highest BCUT2D eigenvalue weighted by Crippen LogP contribution is 2.29. The van der Waals surface area contributed by atoms with E-state index in [4.69, 9.17) is 0 Å². The molecule has 0 aliphatic carbocycles. The second-order valence-corrected chi connectivity index (χ2v) is 4.81. The van der Waals surface area contributed by atoms with E-state index in [1.54, 1.807) is 25.9 Å². The van der Waals surface area contributed by atoms with Crippen molar-refractivity contribution in [2.45, 2.75) is 25.8 Å². The summed E-state index contributed by atoms with van der Waals surface area (Å²) in [6.45, 7) is 2.25. The number of rotatable bonds is 3. The number of amides is 1. The maximum absolute atomic E-state index is 11.6. The summed E-state index contributed by atoms with van der Waals surface area (Å²) in [7, 11) is 3.41. The van der Waals surface area contributed by atoms with Crippen LogP contribution >= 0.6 is 0 Å². The molecule has 0 spiro atoms. The average Bonchev–Trinajstić information content (AvgIpc) is 2.59. The predicted molar refractivity (Wildman–Crippen MR) is 68.9 cm³/mol. The number of hydrogen-bond acceptors (Lipinski definition) is 5. The second kappa shape index (κ2) is 4.87. The first-order valence-corrected chi connectivity index (χ1v) is 6.08. The summed E-state index contributed by atoms with van der Waals surface area (Å²) in [5.74, 6) is 0.412. The first-order chi connectivity index (χ1) is 8.90. The molecule has 1 N–H and O–H groups in total. The highest BCUT2D eigenvalue weighted by Gasteiger charge is 2.29. The third-order valence-electron chi connectivity index (χ3n) is 3.37. The Kier molecular flexibility index (Phi) is 3.41. The lowest BCUT2D eigenvalue weighted by Gasteiger charge is -2.29. The summed E-state index contributed by atoms with van der Waals surface area (Å²) in [5.41, 5.74) is 0.350. The molecule has 0 radical (unpaired) electrons. The SMILES string of the molecule is Cc1nn(C)c(NC2CCN(C)C(=O)C2)c1[N+](=O)[O-]. The number of likely N-dealkylation sites (tertiary alicyclic amines) is 1. The van der Waals surface area contributed by atoms with Gasteiger partial charge in [0, 0.05) is 33.1 Å². The third-order valence-corrected chi connectivity index (χ3v) is 3.37. The molecule has 0 aromatic carbocycles. The second-order valence-electron chi connectivity index (χ2n) is 4.81. The topological polar surface area (TPSA) is 93.3 Å². The first-order valence-electron chi connectivity index (χ1n) is 6.08. The third kappa shape index (κ3) is 2.51. The molecule has 1 aromatic heterocycles. The van der Waals surface area contributed by atoms with Crippen molar-refractivity contribution in [1.82, 2.24) is 14.7 Å². The molecule has 8 heteroatoms. The average molecular weight is 267 g/mol. The van der Waals surface area contributed by atoms with Crippen LogP contribution in [0, 0.1) is 17.0 Å². The lowest BCUT2D eigenvalue weighted by atomic mass is 10.0. The van der Waals surface area contributed by atoms with Gasteiger partial charge in [0.1, 0.15) is 5.69 Å². The van der Waals surface area contributed by atoms with Crippen LogP contribution in [0.4, 0.5) is 11.5 Å². The molecular formula is C11H17N5O3. The van der Waals surface area contributed by atoms with Crippen molar-refractivity contribution in [3.05, 3.63) is 15.8 Å². The van der Waals surface area contributed by atoms with E-state index in [0.717, 1.165) is 6.42 Å². The Balaban J connectivity index is 2.20. The van der Waals surface area contributed by atoms with Crippen LogP contribution in [-0.4, -0.2) is 45.1 Å². The number of aromatic nitrogens is 2. The largest absolute Gasteiger partial charge is 0.361 e. The minimum Gasteiger partial charge on any atom is -0.361 e. The van der Waals surface area contributed by atoms with Crippen molar-refractivity contribution in [3.8, 4) is 0 Å². The number of anilines is 1. The van der Waals surface area contributed by atoms with E-state index >= 15 is 0 Å². The Morgan fingerprint density at radius 2 is 2.16 bits per heavy atom. The quantitative estimate of drug-likeness (QED) is 0.641. The van der Waals surface area contributed by atoms with Gasteiger partial charge in [-0.2, -0.15) is 5.10 Å². The van der Waals surface area contributed by atoms with Crippen LogP contribution in [0.15, 0.2) is 0 Å². The molecule has 1 aromatic rings. The highest BCUT2D eigenvalue weighted by atomic mass is 16.6. The molecule has 2 heterocycles. The minimum atomic E-state index is -0.443. The standard InChI is InChI=1S/C11H17N5O3/c1-7-10(16(18)19)11(15(3)13-7)12-8-4-5-14(2)9(17)6-8/h8,12H,4-6H2,1-3H3. The number of carbonyl (C=O) groups is 1. The Hall–Kier alpha value is -2.12. The van der Waals surface area contributed by atoms with Gasteiger partial charge in [0.25, 0.3) is 0 Å². The smallest absolute Gasteiger partial charge is 0.333 e. The Bertz CT molecular complexity index is 525. The Morgan fingerprint density at radius 1 is 1.47 bits per heavy atom. The van der Waals surface area contributed by atoms with Gasteiger partial charge in [-0.3, -0.25) is 14.9 Å². The van der Waals surface area contributed by atoms with Crippen molar-refractivity contribution in [2.24, 2.45) is 7.05 Å². The van der Waals surface area contributed by atoms with Crippen LogP contribution in [0.3, 0.4) is 0 Å². The van der Waals surface area contributed by atoms with Gasteiger partial charge in [-0.25, -0.2) is 4.68 Å². The fraction of sp³-hybridized carbons (Fsp3) is 0.636. The van der Waals surface area contributed by atoms with Gasteiger partial charge >= 0.3 is 5.69 Å². The zero-order valence-corrected chi connectivity index (χ0v) is 11.2. The zero-order chi connectivity index (χ0) is 14.2. The molecule has 1 atom stereocenters. The van der Waals surface area contributed by atoms with Gasteiger partial charge in [0.2, 0.25) is 11.7 Å². The normalized spacial score (nSPS) is 19.6. The Labute approximate surface area is 110 Å². The van der Waals surface area contributed by atoms with E-state index in [1.165, 1.54) is 4.68 Å². The first kappa shape index (κ1) is 13.3. The molecule has 1 saturated heterocycles. The van der Waals surface area contributed by atoms with Crippen LogP contribution in [0.25, 0.3) is 0 Å². The monoisotopic (exact) mass is 267 g/mol. The fourth-order valence-electron chi connectivity index (χ4n) is 2.29. The molecule has 1 amide bonds. The number of hydrogen-bond donors (Lipinski definition) is 1. The maximum Gasteiger partial charge on any atom is 0.333 e. The molecule has 1 unspecified atom stereocenters. The summed E-state index contributed by atoms with van der Waals surface area (Å²) in [6, 6.07) is -0.0859. The van der Waals surface area contributed by atoms with E-state index in [0.29, 0.717) is 24.5 Å². The van der Waals surface area contributed by atoms with Crippen LogP contribution in [0.5, 0.6) is 0 Å². The van der Waals surface area contributed by atoms with Crippen molar-refractivity contribution in [3.63, 3.8) is 0 Å². The molecule has 0 bridgehead atoms. The van der Waals surface area contributed by atoms with Crippen LogP contribution in [0.1, 0.15) is 18.5 Å². The van der Waals surface area contributed by atoms with Crippen LogP contribution in [-0.2, 0) is 11.8 Å². The zero-order valence-electron chi connectivity index (χ0n) is 11.2.